The maximum Gasteiger partial charge on any atom is 0.135 e. The van der Waals surface area contributed by atoms with Gasteiger partial charge in [0.1, 0.15) is 12.1 Å². The van der Waals surface area contributed by atoms with Gasteiger partial charge in [-0.05, 0) is 38.5 Å². The molecule has 0 radical (unpaired) electrons. The molecule has 0 bridgehead atoms. The van der Waals surface area contributed by atoms with E-state index in [0.29, 0.717) is 5.92 Å². The minimum absolute atomic E-state index is 0.398. The van der Waals surface area contributed by atoms with Gasteiger partial charge in [-0.15, -0.1) is 0 Å². The second-order valence-corrected chi connectivity index (χ2v) is 6.72. The Morgan fingerprint density at radius 2 is 2.10 bits per heavy atom. The molecule has 1 aromatic rings. The average Bonchev–Trinajstić information content (AvgIpc) is 2.94. The fourth-order valence-corrected chi connectivity index (χ4v) is 4.38. The van der Waals surface area contributed by atoms with Crippen LogP contribution < -0.4 is 4.90 Å². The highest BCUT2D eigenvalue weighted by Crippen LogP contribution is 2.41. The molecule has 3 aliphatic rings. The van der Waals surface area contributed by atoms with Gasteiger partial charge in [0.15, 0.2) is 0 Å². The topological polar surface area (TPSA) is 49.2 Å². The van der Waals surface area contributed by atoms with Crippen molar-refractivity contribution in [1.82, 2.24) is 9.97 Å². The highest BCUT2D eigenvalue weighted by atomic mass is 16.3. The number of aliphatic hydroxyl groups is 1. The summed E-state index contributed by atoms with van der Waals surface area (Å²) in [5, 5.41) is 10.8. The number of aryl methyl sites for hydroxylation is 1. The van der Waals surface area contributed by atoms with Gasteiger partial charge >= 0.3 is 0 Å². The van der Waals surface area contributed by atoms with E-state index < -0.39 is 5.60 Å². The lowest BCUT2D eigenvalue weighted by atomic mass is 9.71. The molecule has 0 spiro atoms. The number of hydrogen-bond donors (Lipinski definition) is 1. The Labute approximate surface area is 120 Å². The maximum atomic E-state index is 10.8. The minimum atomic E-state index is -0.398. The van der Waals surface area contributed by atoms with Gasteiger partial charge < -0.3 is 10.0 Å². The van der Waals surface area contributed by atoms with Crippen LogP contribution in [0.3, 0.4) is 0 Å². The monoisotopic (exact) mass is 273 g/mol. The molecule has 4 rings (SSSR count). The fourth-order valence-electron chi connectivity index (χ4n) is 4.38. The van der Waals surface area contributed by atoms with E-state index in [1.165, 1.54) is 36.9 Å². The predicted molar refractivity (Wildman–Crippen MR) is 77.8 cm³/mol. The summed E-state index contributed by atoms with van der Waals surface area (Å²) < 4.78 is 0. The molecule has 20 heavy (non-hydrogen) atoms. The molecule has 2 fully saturated rings. The summed E-state index contributed by atoms with van der Waals surface area (Å²) in [6, 6.07) is 0. The van der Waals surface area contributed by atoms with Gasteiger partial charge in [-0.2, -0.15) is 0 Å². The van der Waals surface area contributed by atoms with E-state index in [-0.39, 0.29) is 0 Å². The van der Waals surface area contributed by atoms with Gasteiger partial charge in [-0.25, -0.2) is 9.97 Å². The van der Waals surface area contributed by atoms with Crippen molar-refractivity contribution < 1.29 is 5.11 Å². The summed E-state index contributed by atoms with van der Waals surface area (Å²) in [6.07, 6.45) is 10.7. The van der Waals surface area contributed by atoms with Crippen molar-refractivity contribution in [3.8, 4) is 0 Å². The minimum Gasteiger partial charge on any atom is -0.389 e. The average molecular weight is 273 g/mol. The lowest BCUT2D eigenvalue weighted by Gasteiger charge is -2.48. The van der Waals surface area contributed by atoms with Crippen molar-refractivity contribution in [2.45, 2.75) is 57.0 Å². The van der Waals surface area contributed by atoms with E-state index >= 15 is 0 Å². The van der Waals surface area contributed by atoms with Gasteiger partial charge in [0, 0.05) is 30.3 Å². The first-order chi connectivity index (χ1) is 9.76. The van der Waals surface area contributed by atoms with Crippen molar-refractivity contribution in [2.75, 3.05) is 18.0 Å². The molecule has 1 aromatic heterocycles. The molecular formula is C16H23N3O. The van der Waals surface area contributed by atoms with Crippen molar-refractivity contribution in [1.29, 1.82) is 0 Å². The van der Waals surface area contributed by atoms with E-state index in [0.717, 1.165) is 44.6 Å². The lowest BCUT2D eigenvalue weighted by molar-refractivity contribution is -0.0613. The van der Waals surface area contributed by atoms with Crippen LogP contribution >= 0.6 is 0 Å². The van der Waals surface area contributed by atoms with Gasteiger partial charge in [0.25, 0.3) is 0 Å². The van der Waals surface area contributed by atoms with Crippen molar-refractivity contribution in [3.05, 3.63) is 17.6 Å². The van der Waals surface area contributed by atoms with Crippen LogP contribution in [-0.4, -0.2) is 33.8 Å². The molecule has 1 aliphatic heterocycles. The molecule has 0 amide bonds. The third-order valence-corrected chi connectivity index (χ3v) is 5.58. The highest BCUT2D eigenvalue weighted by Gasteiger charge is 2.43. The molecule has 2 heterocycles. The predicted octanol–water partition coefficient (Wildman–Crippen LogP) is 2.10. The third-order valence-electron chi connectivity index (χ3n) is 5.58. The Morgan fingerprint density at radius 1 is 1.15 bits per heavy atom. The number of fused-ring (bicyclic) bond motifs is 2. The number of aromatic nitrogens is 2. The Morgan fingerprint density at radius 3 is 3.05 bits per heavy atom. The summed E-state index contributed by atoms with van der Waals surface area (Å²) in [6.45, 7) is 1.91. The molecule has 4 nitrogen and oxygen atoms in total. The quantitative estimate of drug-likeness (QED) is 0.851. The zero-order valence-electron chi connectivity index (χ0n) is 12.0. The van der Waals surface area contributed by atoms with E-state index in [1.807, 2.05) is 0 Å². The highest BCUT2D eigenvalue weighted by molar-refractivity contribution is 5.51. The molecule has 0 aromatic carbocycles. The molecule has 1 N–H and O–H groups in total. The zero-order chi connectivity index (χ0) is 13.6. The summed E-state index contributed by atoms with van der Waals surface area (Å²) in [4.78, 5) is 11.4. The van der Waals surface area contributed by atoms with Crippen LogP contribution in [0.2, 0.25) is 0 Å². The molecule has 1 saturated carbocycles. The molecular weight excluding hydrogens is 250 g/mol. The second-order valence-electron chi connectivity index (χ2n) is 6.72. The number of anilines is 1. The Kier molecular flexibility index (Phi) is 2.95. The Balaban J connectivity index is 1.60. The smallest absolute Gasteiger partial charge is 0.135 e. The number of nitrogens with zero attached hydrogens (tertiary/aromatic N) is 3. The molecule has 1 saturated heterocycles. The van der Waals surface area contributed by atoms with E-state index in [2.05, 4.69) is 14.9 Å². The number of piperidine rings is 1. The van der Waals surface area contributed by atoms with Crippen LogP contribution in [0.15, 0.2) is 6.33 Å². The zero-order valence-corrected chi connectivity index (χ0v) is 12.0. The normalized spacial score (nSPS) is 32.9. The summed E-state index contributed by atoms with van der Waals surface area (Å²) in [5.74, 6) is 1.58. The number of hydrogen-bond acceptors (Lipinski definition) is 4. The standard InChI is InChI=1S/C16H23N3O/c20-16-7-2-1-4-12(16)10-19(9-8-16)15-13-5-3-6-14(13)17-11-18-15/h11-12,20H,1-10H2. The van der Waals surface area contributed by atoms with Crippen LogP contribution in [0, 0.1) is 5.92 Å². The molecule has 108 valence electrons. The Hall–Kier alpha value is -1.16. The van der Waals surface area contributed by atoms with Crippen LogP contribution in [0.1, 0.15) is 49.8 Å². The van der Waals surface area contributed by atoms with E-state index in [9.17, 15) is 5.11 Å². The van der Waals surface area contributed by atoms with Crippen molar-refractivity contribution in [2.24, 2.45) is 5.92 Å². The molecule has 2 unspecified atom stereocenters. The third kappa shape index (κ3) is 1.93. The SMILES string of the molecule is OC12CCCCC1CN(c1ncnc3c1CCC3)CC2. The maximum absolute atomic E-state index is 10.8. The first kappa shape index (κ1) is 12.6. The van der Waals surface area contributed by atoms with Gasteiger partial charge in [-0.3, -0.25) is 0 Å². The first-order valence-corrected chi connectivity index (χ1v) is 8.06. The van der Waals surface area contributed by atoms with E-state index in [1.54, 1.807) is 6.33 Å². The van der Waals surface area contributed by atoms with Crippen molar-refractivity contribution in [3.63, 3.8) is 0 Å². The molecule has 4 heteroatoms. The van der Waals surface area contributed by atoms with Crippen LogP contribution in [-0.2, 0) is 12.8 Å². The lowest BCUT2D eigenvalue weighted by Crippen LogP contribution is -2.53. The molecule has 2 aliphatic carbocycles. The van der Waals surface area contributed by atoms with E-state index in [4.69, 9.17) is 0 Å². The summed E-state index contributed by atoms with van der Waals surface area (Å²) in [5.41, 5.74) is 2.22. The van der Waals surface area contributed by atoms with Gasteiger partial charge in [0.05, 0.1) is 5.60 Å². The second kappa shape index (κ2) is 4.69. The number of rotatable bonds is 1. The first-order valence-electron chi connectivity index (χ1n) is 8.06. The largest absolute Gasteiger partial charge is 0.389 e. The van der Waals surface area contributed by atoms with Crippen LogP contribution in [0.5, 0.6) is 0 Å². The summed E-state index contributed by atoms with van der Waals surface area (Å²) >= 11 is 0. The summed E-state index contributed by atoms with van der Waals surface area (Å²) in [7, 11) is 0. The van der Waals surface area contributed by atoms with Crippen LogP contribution in [0.4, 0.5) is 5.82 Å². The fraction of sp³-hybridized carbons (Fsp3) is 0.750. The molecule has 2 atom stereocenters. The Bertz CT molecular complexity index is 518. The van der Waals surface area contributed by atoms with Crippen molar-refractivity contribution >= 4 is 5.82 Å². The van der Waals surface area contributed by atoms with Gasteiger partial charge in [-0.1, -0.05) is 12.8 Å². The van der Waals surface area contributed by atoms with Gasteiger partial charge in [0.2, 0.25) is 0 Å². The van der Waals surface area contributed by atoms with Crippen LogP contribution in [0.25, 0.3) is 0 Å².